The number of aromatic nitrogens is 2. The minimum absolute atomic E-state index is 0.562. The SMILES string of the molecule is Nc1ccc(Br)cc1C(O)c1cn[nH]c1. The van der Waals surface area contributed by atoms with Crippen molar-refractivity contribution < 1.29 is 5.11 Å². The minimum atomic E-state index is -0.749. The molecule has 1 aromatic carbocycles. The number of rotatable bonds is 2. The van der Waals surface area contributed by atoms with Crippen LogP contribution >= 0.6 is 15.9 Å². The molecule has 1 heterocycles. The number of anilines is 1. The van der Waals surface area contributed by atoms with Crippen molar-refractivity contribution in [3.63, 3.8) is 0 Å². The van der Waals surface area contributed by atoms with Gasteiger partial charge in [0.2, 0.25) is 0 Å². The highest BCUT2D eigenvalue weighted by Crippen LogP contribution is 2.28. The van der Waals surface area contributed by atoms with E-state index in [1.165, 1.54) is 0 Å². The second-order valence-corrected chi connectivity index (χ2v) is 4.12. The van der Waals surface area contributed by atoms with Gasteiger partial charge in [0.05, 0.1) is 6.20 Å². The van der Waals surface area contributed by atoms with Crippen molar-refractivity contribution in [2.75, 3.05) is 5.73 Å². The first-order valence-corrected chi connectivity index (χ1v) is 5.19. The molecule has 0 spiro atoms. The van der Waals surface area contributed by atoms with E-state index in [2.05, 4.69) is 26.1 Å². The zero-order valence-electron chi connectivity index (χ0n) is 7.81. The van der Waals surface area contributed by atoms with Gasteiger partial charge in [0.15, 0.2) is 0 Å². The Morgan fingerprint density at radius 3 is 2.93 bits per heavy atom. The molecule has 0 aliphatic carbocycles. The molecule has 0 radical (unpaired) electrons. The summed E-state index contributed by atoms with van der Waals surface area (Å²) in [6.45, 7) is 0. The van der Waals surface area contributed by atoms with E-state index in [1.807, 2.05) is 6.07 Å². The van der Waals surface area contributed by atoms with Gasteiger partial charge in [-0.05, 0) is 18.2 Å². The number of aromatic amines is 1. The molecule has 0 saturated carbocycles. The van der Waals surface area contributed by atoms with Crippen molar-refractivity contribution >= 4 is 21.6 Å². The van der Waals surface area contributed by atoms with Crippen LogP contribution in [0.25, 0.3) is 0 Å². The zero-order chi connectivity index (χ0) is 10.8. The van der Waals surface area contributed by atoms with Crippen LogP contribution in [0.5, 0.6) is 0 Å². The maximum absolute atomic E-state index is 10.0. The standard InChI is InChI=1S/C10H10BrN3O/c11-7-1-2-9(12)8(3-7)10(15)6-4-13-14-5-6/h1-5,10,15H,12H2,(H,13,14). The predicted octanol–water partition coefficient (Wildman–Crippen LogP) is 1.84. The molecule has 4 nitrogen and oxygen atoms in total. The summed E-state index contributed by atoms with van der Waals surface area (Å²) < 4.78 is 0.884. The number of aliphatic hydroxyl groups is 1. The van der Waals surface area contributed by atoms with Crippen molar-refractivity contribution in [1.82, 2.24) is 10.2 Å². The topological polar surface area (TPSA) is 74.9 Å². The molecule has 78 valence electrons. The number of H-pyrrole nitrogens is 1. The number of nitrogen functional groups attached to an aromatic ring is 1. The Labute approximate surface area is 95.3 Å². The lowest BCUT2D eigenvalue weighted by molar-refractivity contribution is 0.221. The number of nitrogens with one attached hydrogen (secondary N) is 1. The van der Waals surface area contributed by atoms with Crippen LogP contribution in [-0.2, 0) is 0 Å². The van der Waals surface area contributed by atoms with Crippen molar-refractivity contribution in [2.24, 2.45) is 0 Å². The third kappa shape index (κ3) is 2.03. The van der Waals surface area contributed by atoms with Gasteiger partial charge in [0.25, 0.3) is 0 Å². The molecule has 0 bridgehead atoms. The number of aliphatic hydroxyl groups excluding tert-OH is 1. The number of halogens is 1. The lowest BCUT2D eigenvalue weighted by Crippen LogP contribution is -2.02. The molecule has 2 aromatic rings. The molecule has 0 fully saturated rings. The molecule has 15 heavy (non-hydrogen) atoms. The van der Waals surface area contributed by atoms with Crippen LogP contribution in [0.2, 0.25) is 0 Å². The summed E-state index contributed by atoms with van der Waals surface area (Å²) in [6.07, 6.45) is 2.47. The predicted molar refractivity (Wildman–Crippen MR) is 61.2 cm³/mol. The third-order valence-corrected chi connectivity index (χ3v) is 2.67. The van der Waals surface area contributed by atoms with E-state index in [0.29, 0.717) is 16.8 Å². The van der Waals surface area contributed by atoms with E-state index in [-0.39, 0.29) is 0 Å². The molecule has 0 aliphatic heterocycles. The van der Waals surface area contributed by atoms with Crippen LogP contribution in [0.1, 0.15) is 17.2 Å². The fourth-order valence-corrected chi connectivity index (χ4v) is 1.75. The van der Waals surface area contributed by atoms with Gasteiger partial charge in [-0.25, -0.2) is 0 Å². The molecule has 4 N–H and O–H groups in total. The highest BCUT2D eigenvalue weighted by atomic mass is 79.9. The van der Waals surface area contributed by atoms with E-state index < -0.39 is 6.10 Å². The summed E-state index contributed by atoms with van der Waals surface area (Å²) in [5.74, 6) is 0. The molecular weight excluding hydrogens is 258 g/mol. The van der Waals surface area contributed by atoms with Crippen LogP contribution in [0.3, 0.4) is 0 Å². The Morgan fingerprint density at radius 2 is 2.27 bits per heavy atom. The molecular formula is C10H10BrN3O. The molecule has 0 saturated heterocycles. The Balaban J connectivity index is 2.41. The zero-order valence-corrected chi connectivity index (χ0v) is 9.40. The van der Waals surface area contributed by atoms with Crippen molar-refractivity contribution in [3.8, 4) is 0 Å². The highest BCUT2D eigenvalue weighted by molar-refractivity contribution is 9.10. The maximum Gasteiger partial charge on any atom is 0.109 e. The van der Waals surface area contributed by atoms with Crippen molar-refractivity contribution in [3.05, 3.63) is 46.2 Å². The second kappa shape index (κ2) is 4.04. The van der Waals surface area contributed by atoms with E-state index in [4.69, 9.17) is 5.73 Å². The number of benzene rings is 1. The van der Waals surface area contributed by atoms with Gasteiger partial charge in [-0.2, -0.15) is 5.10 Å². The fourth-order valence-electron chi connectivity index (χ4n) is 1.37. The molecule has 5 heteroatoms. The summed E-state index contributed by atoms with van der Waals surface area (Å²) in [6, 6.07) is 5.39. The average molecular weight is 268 g/mol. The second-order valence-electron chi connectivity index (χ2n) is 3.21. The average Bonchev–Trinajstić information content (AvgIpc) is 2.74. The van der Waals surface area contributed by atoms with Crippen molar-refractivity contribution in [2.45, 2.75) is 6.10 Å². The smallest absolute Gasteiger partial charge is 0.109 e. The lowest BCUT2D eigenvalue weighted by atomic mass is 10.0. The summed E-state index contributed by atoms with van der Waals surface area (Å²) in [5, 5.41) is 16.5. The third-order valence-electron chi connectivity index (χ3n) is 2.18. The van der Waals surface area contributed by atoms with Crippen molar-refractivity contribution in [1.29, 1.82) is 0 Å². The highest BCUT2D eigenvalue weighted by Gasteiger charge is 2.14. The summed E-state index contributed by atoms with van der Waals surface area (Å²) in [4.78, 5) is 0. The summed E-state index contributed by atoms with van der Waals surface area (Å²) in [7, 11) is 0. The van der Waals surface area contributed by atoms with Crippen LogP contribution in [0, 0.1) is 0 Å². The number of nitrogens with zero attached hydrogens (tertiary/aromatic N) is 1. The molecule has 1 aromatic heterocycles. The quantitative estimate of drug-likeness (QED) is 0.727. The molecule has 0 amide bonds. The van der Waals surface area contributed by atoms with E-state index in [9.17, 15) is 5.11 Å². The van der Waals surface area contributed by atoms with Gasteiger partial charge in [0.1, 0.15) is 6.10 Å². The minimum Gasteiger partial charge on any atom is -0.398 e. The monoisotopic (exact) mass is 267 g/mol. The van der Waals surface area contributed by atoms with Gasteiger partial charge >= 0.3 is 0 Å². The molecule has 2 rings (SSSR count). The van der Waals surface area contributed by atoms with E-state index >= 15 is 0 Å². The Bertz CT molecular complexity index is 456. The first kappa shape index (κ1) is 10.2. The molecule has 0 aliphatic rings. The molecule has 1 atom stereocenters. The largest absolute Gasteiger partial charge is 0.398 e. The number of nitrogens with two attached hydrogens (primary N) is 1. The van der Waals surface area contributed by atoms with Gasteiger partial charge in [-0.1, -0.05) is 15.9 Å². The Kier molecular flexibility index (Phi) is 2.75. The summed E-state index contributed by atoms with van der Waals surface area (Å²) >= 11 is 3.34. The van der Waals surface area contributed by atoms with Crippen LogP contribution in [-0.4, -0.2) is 15.3 Å². The number of hydrogen-bond donors (Lipinski definition) is 3. The fraction of sp³-hybridized carbons (Fsp3) is 0.100. The molecule has 1 unspecified atom stereocenters. The summed E-state index contributed by atoms with van der Waals surface area (Å²) in [5.41, 5.74) is 7.71. The number of hydrogen-bond acceptors (Lipinski definition) is 3. The van der Waals surface area contributed by atoms with Gasteiger partial charge in [-0.3, -0.25) is 5.10 Å². The maximum atomic E-state index is 10.0. The first-order valence-electron chi connectivity index (χ1n) is 4.40. The Hall–Kier alpha value is -1.33. The first-order chi connectivity index (χ1) is 7.18. The van der Waals surface area contributed by atoms with E-state index in [0.717, 1.165) is 4.47 Å². The van der Waals surface area contributed by atoms with Crippen LogP contribution in [0.4, 0.5) is 5.69 Å². The van der Waals surface area contributed by atoms with Crippen LogP contribution < -0.4 is 5.73 Å². The van der Waals surface area contributed by atoms with Crippen LogP contribution in [0.15, 0.2) is 35.1 Å². The normalized spacial score (nSPS) is 12.7. The Morgan fingerprint density at radius 1 is 1.47 bits per heavy atom. The van der Waals surface area contributed by atoms with E-state index in [1.54, 1.807) is 24.5 Å². The van der Waals surface area contributed by atoms with Gasteiger partial charge in [0, 0.05) is 27.5 Å². The van der Waals surface area contributed by atoms with Gasteiger partial charge < -0.3 is 10.8 Å². The lowest BCUT2D eigenvalue weighted by Gasteiger charge is -2.11. The van der Waals surface area contributed by atoms with Gasteiger partial charge in [-0.15, -0.1) is 0 Å².